The first kappa shape index (κ1) is 19.4. The fourth-order valence-electron chi connectivity index (χ4n) is 3.77. The Bertz CT molecular complexity index is 419. The summed E-state index contributed by atoms with van der Waals surface area (Å²) < 4.78 is 0. The largest absolute Gasteiger partial charge is 0.481 e. The van der Waals surface area contributed by atoms with Crippen LogP contribution in [0.4, 0.5) is 4.79 Å². The smallest absolute Gasteiger partial charge is 0.315 e. The molecule has 0 saturated carbocycles. The minimum Gasteiger partial charge on any atom is -0.481 e. The maximum atomic E-state index is 11.4. The van der Waals surface area contributed by atoms with Crippen molar-refractivity contribution in [1.29, 1.82) is 0 Å². The number of hydrogen-bond acceptors (Lipinski definition) is 3. The molecule has 4 atom stereocenters. The number of amides is 2. The van der Waals surface area contributed by atoms with E-state index in [-0.39, 0.29) is 24.0 Å². The van der Waals surface area contributed by atoms with Crippen LogP contribution >= 0.6 is 11.8 Å². The van der Waals surface area contributed by atoms with Gasteiger partial charge in [-0.15, -0.1) is 0 Å². The Morgan fingerprint density at radius 3 is 2.62 bits per heavy atom. The maximum Gasteiger partial charge on any atom is 0.315 e. The summed E-state index contributed by atoms with van der Waals surface area (Å²) in [5.74, 6) is 0.125. The van der Waals surface area contributed by atoms with Crippen molar-refractivity contribution in [3.63, 3.8) is 0 Å². The van der Waals surface area contributed by atoms with Crippen LogP contribution in [-0.4, -0.2) is 40.2 Å². The molecule has 3 N–H and O–H groups in total. The number of carboxylic acids is 1. The summed E-state index contributed by atoms with van der Waals surface area (Å²) in [5, 5.41) is 15.8. The van der Waals surface area contributed by atoms with E-state index in [9.17, 15) is 14.7 Å². The van der Waals surface area contributed by atoms with Gasteiger partial charge < -0.3 is 15.7 Å². The predicted octanol–water partition coefficient (Wildman–Crippen LogP) is 3.77. The normalized spacial score (nSPS) is 26.7. The molecule has 1 unspecified atom stereocenters. The molecule has 0 aromatic carbocycles. The Kier molecular flexibility index (Phi) is 8.22. The van der Waals surface area contributed by atoms with Crippen molar-refractivity contribution in [1.82, 2.24) is 10.6 Å². The molecule has 0 aliphatic carbocycles. The first-order valence-electron chi connectivity index (χ1n) is 9.53. The van der Waals surface area contributed by atoms with E-state index in [1.807, 2.05) is 11.8 Å². The van der Waals surface area contributed by atoms with E-state index in [0.29, 0.717) is 5.25 Å². The fourth-order valence-corrected chi connectivity index (χ4v) is 5.31. The highest BCUT2D eigenvalue weighted by Gasteiger charge is 2.42. The Balaban J connectivity index is 1.61. The molecule has 6 heteroatoms. The third kappa shape index (κ3) is 5.87. The van der Waals surface area contributed by atoms with Crippen LogP contribution in [0.1, 0.15) is 71.1 Å². The molecule has 2 heterocycles. The second-order valence-electron chi connectivity index (χ2n) is 7.14. The summed E-state index contributed by atoms with van der Waals surface area (Å²) in [6, 6.07) is 0.428. The quantitative estimate of drug-likeness (QED) is 0.367. The highest BCUT2D eigenvalue weighted by Crippen LogP contribution is 2.33. The molecule has 0 bridgehead atoms. The van der Waals surface area contributed by atoms with Crippen LogP contribution in [0.15, 0.2) is 0 Å². The van der Waals surface area contributed by atoms with Crippen LogP contribution in [0.5, 0.6) is 0 Å². The Morgan fingerprint density at radius 2 is 1.88 bits per heavy atom. The number of hydrogen-bond donors (Lipinski definition) is 3. The zero-order valence-corrected chi connectivity index (χ0v) is 15.6. The third-order valence-electron chi connectivity index (χ3n) is 5.23. The SMILES string of the molecule is CCCCCCCCC(CCC[C@@H]1SC[C@@H]2NC(=O)N[C@@H]21)C(=O)O. The molecule has 2 aliphatic heterocycles. The van der Waals surface area contributed by atoms with Crippen molar-refractivity contribution in [2.75, 3.05) is 5.75 Å². The molecule has 0 radical (unpaired) electrons. The van der Waals surface area contributed by atoms with Gasteiger partial charge in [-0.3, -0.25) is 4.79 Å². The minimum absolute atomic E-state index is 0.0539. The zero-order chi connectivity index (χ0) is 17.4. The summed E-state index contributed by atoms with van der Waals surface area (Å²) >= 11 is 1.90. The Labute approximate surface area is 149 Å². The lowest BCUT2D eigenvalue weighted by atomic mass is 9.93. The number of carboxylic acid groups (broad SMARTS) is 1. The molecule has 2 fully saturated rings. The molecule has 2 amide bonds. The van der Waals surface area contributed by atoms with Crippen molar-refractivity contribution in [3.05, 3.63) is 0 Å². The molecule has 2 saturated heterocycles. The molecular weight excluding hydrogens is 324 g/mol. The van der Waals surface area contributed by atoms with Crippen LogP contribution in [0.3, 0.4) is 0 Å². The van der Waals surface area contributed by atoms with Gasteiger partial charge in [0.2, 0.25) is 0 Å². The number of carbonyl (C=O) groups is 2. The number of thioether (sulfide) groups is 1. The van der Waals surface area contributed by atoms with Crippen LogP contribution in [0.2, 0.25) is 0 Å². The molecule has 24 heavy (non-hydrogen) atoms. The van der Waals surface area contributed by atoms with E-state index in [2.05, 4.69) is 17.6 Å². The highest BCUT2D eigenvalue weighted by atomic mass is 32.2. The summed E-state index contributed by atoms with van der Waals surface area (Å²) in [6.07, 6.45) is 10.7. The molecule has 5 nitrogen and oxygen atoms in total. The topological polar surface area (TPSA) is 78.4 Å². The Morgan fingerprint density at radius 1 is 1.17 bits per heavy atom. The molecule has 0 aromatic rings. The second-order valence-corrected chi connectivity index (χ2v) is 8.42. The van der Waals surface area contributed by atoms with Gasteiger partial charge in [-0.05, 0) is 19.3 Å². The number of nitrogens with one attached hydrogen (secondary N) is 2. The number of fused-ring (bicyclic) bond motifs is 1. The first-order valence-corrected chi connectivity index (χ1v) is 10.6. The number of carbonyl (C=O) groups excluding carboxylic acids is 1. The number of unbranched alkanes of at least 4 members (excludes halogenated alkanes) is 5. The maximum absolute atomic E-state index is 11.4. The van der Waals surface area contributed by atoms with Gasteiger partial charge >= 0.3 is 12.0 Å². The lowest BCUT2D eigenvalue weighted by molar-refractivity contribution is -0.142. The van der Waals surface area contributed by atoms with Gasteiger partial charge in [0.25, 0.3) is 0 Å². The van der Waals surface area contributed by atoms with E-state index in [1.165, 1.54) is 25.7 Å². The zero-order valence-electron chi connectivity index (χ0n) is 14.8. The van der Waals surface area contributed by atoms with Gasteiger partial charge in [-0.1, -0.05) is 51.9 Å². The number of aliphatic carboxylic acids is 1. The van der Waals surface area contributed by atoms with Gasteiger partial charge in [-0.25, -0.2) is 4.79 Å². The predicted molar refractivity (Wildman–Crippen MR) is 98.5 cm³/mol. The van der Waals surface area contributed by atoms with Crippen LogP contribution in [-0.2, 0) is 4.79 Å². The average molecular weight is 357 g/mol. The van der Waals surface area contributed by atoms with Crippen molar-refractivity contribution in [2.24, 2.45) is 5.92 Å². The molecule has 0 spiro atoms. The van der Waals surface area contributed by atoms with Crippen LogP contribution in [0.25, 0.3) is 0 Å². The van der Waals surface area contributed by atoms with E-state index in [1.54, 1.807) is 0 Å². The van der Waals surface area contributed by atoms with Gasteiger partial charge in [-0.2, -0.15) is 11.8 Å². The summed E-state index contributed by atoms with van der Waals surface area (Å²) in [4.78, 5) is 22.8. The molecule has 138 valence electrons. The molecule has 2 rings (SSSR count). The Hall–Kier alpha value is -0.910. The number of rotatable bonds is 12. The van der Waals surface area contributed by atoms with E-state index in [4.69, 9.17) is 0 Å². The lowest BCUT2D eigenvalue weighted by Gasteiger charge is -2.18. The van der Waals surface area contributed by atoms with Crippen molar-refractivity contribution in [3.8, 4) is 0 Å². The standard InChI is InChI=1S/C18H32N2O3S/c1-2-3-4-5-6-7-9-13(17(21)22)10-8-11-15-16-14(12-24-15)19-18(23)20-16/h13-16H,2-12H2,1H3,(H,21,22)(H2,19,20,23)/t13?,14-,15-,16-/m0/s1. The van der Waals surface area contributed by atoms with Crippen LogP contribution < -0.4 is 10.6 Å². The van der Waals surface area contributed by atoms with Gasteiger partial charge in [0.1, 0.15) is 0 Å². The fraction of sp³-hybridized carbons (Fsp3) is 0.889. The lowest BCUT2D eigenvalue weighted by Crippen LogP contribution is -2.36. The third-order valence-corrected chi connectivity index (χ3v) is 6.74. The van der Waals surface area contributed by atoms with E-state index in [0.717, 1.165) is 44.3 Å². The van der Waals surface area contributed by atoms with E-state index < -0.39 is 5.97 Å². The monoisotopic (exact) mass is 356 g/mol. The van der Waals surface area contributed by atoms with Crippen molar-refractivity contribution < 1.29 is 14.7 Å². The minimum atomic E-state index is -0.642. The molecule has 0 aromatic heterocycles. The summed E-state index contributed by atoms with van der Waals surface area (Å²) in [7, 11) is 0. The van der Waals surface area contributed by atoms with Crippen molar-refractivity contribution in [2.45, 2.75) is 88.5 Å². The average Bonchev–Trinajstić information content (AvgIpc) is 3.08. The number of urea groups is 1. The second kappa shape index (κ2) is 10.2. The van der Waals surface area contributed by atoms with Gasteiger partial charge in [0, 0.05) is 11.0 Å². The van der Waals surface area contributed by atoms with Crippen LogP contribution in [0, 0.1) is 5.92 Å². The highest BCUT2D eigenvalue weighted by molar-refractivity contribution is 8.00. The molecular formula is C18H32N2O3S. The first-order chi connectivity index (χ1) is 11.6. The summed E-state index contributed by atoms with van der Waals surface area (Å²) in [5.41, 5.74) is 0. The van der Waals surface area contributed by atoms with E-state index >= 15 is 0 Å². The summed E-state index contributed by atoms with van der Waals surface area (Å²) in [6.45, 7) is 2.21. The van der Waals surface area contributed by atoms with Gasteiger partial charge in [0.15, 0.2) is 0 Å². The van der Waals surface area contributed by atoms with Crippen molar-refractivity contribution >= 4 is 23.8 Å². The van der Waals surface area contributed by atoms with Gasteiger partial charge in [0.05, 0.1) is 18.0 Å². The molecule has 2 aliphatic rings.